The van der Waals surface area contributed by atoms with Gasteiger partial charge in [0.05, 0.1) is 12.1 Å². The largest absolute Gasteiger partial charge is 0.356 e. The molecule has 0 N–H and O–H groups in total. The van der Waals surface area contributed by atoms with Crippen molar-refractivity contribution in [2.24, 2.45) is 0 Å². The van der Waals surface area contributed by atoms with Crippen molar-refractivity contribution in [1.82, 2.24) is 24.7 Å². The summed E-state index contributed by atoms with van der Waals surface area (Å²) in [6.45, 7) is 3.28. The van der Waals surface area contributed by atoms with Crippen molar-refractivity contribution in [1.29, 1.82) is 0 Å². The van der Waals surface area contributed by atoms with Crippen molar-refractivity contribution in [3.8, 4) is 35.0 Å². The Morgan fingerprint density at radius 1 is 1.08 bits per heavy atom. The van der Waals surface area contributed by atoms with Crippen molar-refractivity contribution in [2.45, 2.75) is 45.1 Å². The van der Waals surface area contributed by atoms with Crippen LogP contribution in [0.5, 0.6) is 0 Å². The van der Waals surface area contributed by atoms with E-state index in [-0.39, 0.29) is 12.4 Å². The number of benzene rings is 1. The van der Waals surface area contributed by atoms with Crippen molar-refractivity contribution >= 4 is 0 Å². The number of hydrogen-bond donors (Lipinski definition) is 0. The Balaban J connectivity index is 1.21. The fraction of sp³-hybridized carbons (Fsp3) is 0.286. The van der Waals surface area contributed by atoms with E-state index in [1.54, 1.807) is 18.6 Å². The lowest BCUT2D eigenvalue weighted by Gasteiger charge is -2.26. The number of aromatic nitrogens is 5. The average Bonchev–Trinajstić information content (AvgIpc) is 3.58. The van der Waals surface area contributed by atoms with E-state index < -0.39 is 0 Å². The molecule has 4 heterocycles. The third-order valence-electron chi connectivity index (χ3n) is 5.70. The number of rotatable bonds is 6. The highest BCUT2D eigenvalue weighted by Gasteiger charge is 2.21. The van der Waals surface area contributed by atoms with Crippen LogP contribution in [0.15, 0.2) is 66.0 Å². The normalized spacial score (nSPS) is 15.9. The van der Waals surface area contributed by atoms with E-state index in [2.05, 4.69) is 43.8 Å². The standard InChI is InChI=1S/C28H25N5O3/c1-21(35-27-8-4-5-15-34-27)28-31-13-14-33(28)19-25-16-26(36-32-25)24-11-9-22(10-12-24)6-2-3-7-23-17-29-20-30-18-23/h9-14,16-18,20-21,27H,4-5,8,15,19H2,1H3/t21-,27?/m0/s1. The quantitative estimate of drug-likeness (QED) is 0.379. The third kappa shape index (κ3) is 6.05. The SMILES string of the molecule is C[C@H](OC1CCCCO1)c1nccn1Cc1cc(-c2ccc(C#CC#Cc3cncnc3)cc2)on1. The Bertz CT molecular complexity index is 1400. The molecule has 0 amide bonds. The lowest BCUT2D eigenvalue weighted by Crippen LogP contribution is -2.24. The Labute approximate surface area is 209 Å². The minimum Gasteiger partial charge on any atom is -0.356 e. The number of ether oxygens (including phenoxy) is 2. The Kier molecular flexibility index (Phi) is 7.48. The maximum Gasteiger partial charge on any atom is 0.167 e. The molecule has 4 aromatic rings. The van der Waals surface area contributed by atoms with Gasteiger partial charge in [-0.25, -0.2) is 15.0 Å². The molecule has 8 heteroatoms. The molecule has 0 saturated carbocycles. The van der Waals surface area contributed by atoms with Gasteiger partial charge in [0.25, 0.3) is 0 Å². The van der Waals surface area contributed by atoms with Gasteiger partial charge in [-0.15, -0.1) is 0 Å². The summed E-state index contributed by atoms with van der Waals surface area (Å²) in [6.07, 6.45) is 11.2. The monoisotopic (exact) mass is 479 g/mol. The first-order chi connectivity index (χ1) is 17.7. The Morgan fingerprint density at radius 3 is 2.67 bits per heavy atom. The first kappa shape index (κ1) is 23.5. The molecule has 1 saturated heterocycles. The fourth-order valence-electron chi connectivity index (χ4n) is 3.91. The summed E-state index contributed by atoms with van der Waals surface area (Å²) in [7, 11) is 0. The predicted octanol–water partition coefficient (Wildman–Crippen LogP) is 4.38. The van der Waals surface area contributed by atoms with Gasteiger partial charge in [-0.1, -0.05) is 11.1 Å². The molecule has 36 heavy (non-hydrogen) atoms. The first-order valence-electron chi connectivity index (χ1n) is 11.9. The number of hydrogen-bond acceptors (Lipinski definition) is 7. The molecule has 8 nitrogen and oxygen atoms in total. The van der Waals surface area contributed by atoms with Crippen molar-refractivity contribution in [2.75, 3.05) is 6.61 Å². The van der Waals surface area contributed by atoms with Gasteiger partial charge in [0.1, 0.15) is 23.9 Å². The molecule has 1 unspecified atom stereocenters. The van der Waals surface area contributed by atoms with Gasteiger partial charge in [-0.3, -0.25) is 0 Å². The molecule has 1 aromatic carbocycles. The van der Waals surface area contributed by atoms with Crippen LogP contribution < -0.4 is 0 Å². The molecule has 0 radical (unpaired) electrons. The maximum atomic E-state index is 6.08. The van der Waals surface area contributed by atoms with Gasteiger partial charge in [-0.2, -0.15) is 0 Å². The van der Waals surface area contributed by atoms with E-state index in [1.165, 1.54) is 6.33 Å². The Hall–Kier alpha value is -4.24. The fourth-order valence-corrected chi connectivity index (χ4v) is 3.91. The van der Waals surface area contributed by atoms with Crippen LogP contribution in [-0.2, 0) is 16.0 Å². The van der Waals surface area contributed by atoms with Crippen LogP contribution in [-0.4, -0.2) is 37.6 Å². The van der Waals surface area contributed by atoms with E-state index in [1.807, 2.05) is 48.0 Å². The van der Waals surface area contributed by atoms with Crippen LogP contribution in [0, 0.1) is 23.7 Å². The zero-order valence-electron chi connectivity index (χ0n) is 19.9. The topological polar surface area (TPSA) is 88.1 Å². The summed E-state index contributed by atoms with van der Waals surface area (Å²) in [4.78, 5) is 12.3. The van der Waals surface area contributed by atoms with Crippen LogP contribution in [0.4, 0.5) is 0 Å². The van der Waals surface area contributed by atoms with Crippen molar-refractivity contribution in [3.63, 3.8) is 0 Å². The second-order valence-electron chi connectivity index (χ2n) is 8.37. The minimum absolute atomic E-state index is 0.171. The van der Waals surface area contributed by atoms with Gasteiger partial charge in [0.2, 0.25) is 0 Å². The van der Waals surface area contributed by atoms with E-state index in [0.29, 0.717) is 12.3 Å². The molecule has 1 aliphatic heterocycles. The van der Waals surface area contributed by atoms with Crippen LogP contribution in [0.1, 0.15) is 54.9 Å². The van der Waals surface area contributed by atoms with Crippen LogP contribution in [0.3, 0.4) is 0 Å². The Morgan fingerprint density at radius 2 is 1.89 bits per heavy atom. The zero-order chi connectivity index (χ0) is 24.6. The smallest absolute Gasteiger partial charge is 0.167 e. The summed E-state index contributed by atoms with van der Waals surface area (Å²) in [5, 5.41) is 4.25. The summed E-state index contributed by atoms with van der Waals surface area (Å²) in [5.41, 5.74) is 3.31. The van der Waals surface area contributed by atoms with Crippen molar-refractivity contribution in [3.05, 3.63) is 84.1 Å². The average molecular weight is 480 g/mol. The molecule has 3 aromatic heterocycles. The van der Waals surface area contributed by atoms with Gasteiger partial charge in [0, 0.05) is 48.6 Å². The predicted molar refractivity (Wildman–Crippen MR) is 132 cm³/mol. The molecule has 5 rings (SSSR count). The van der Waals surface area contributed by atoms with Crippen LogP contribution in [0.25, 0.3) is 11.3 Å². The molecule has 2 atom stereocenters. The molecule has 0 aliphatic carbocycles. The summed E-state index contributed by atoms with van der Waals surface area (Å²) in [6, 6.07) is 9.70. The maximum absolute atomic E-state index is 6.08. The lowest BCUT2D eigenvalue weighted by molar-refractivity contribution is -0.188. The van der Waals surface area contributed by atoms with E-state index in [4.69, 9.17) is 14.0 Å². The molecule has 1 fully saturated rings. The van der Waals surface area contributed by atoms with Gasteiger partial charge < -0.3 is 18.6 Å². The number of nitrogens with zero attached hydrogens (tertiary/aromatic N) is 5. The first-order valence-corrected chi connectivity index (χ1v) is 11.9. The molecule has 0 spiro atoms. The number of imidazole rings is 1. The second kappa shape index (κ2) is 11.5. The molecular weight excluding hydrogens is 454 g/mol. The summed E-state index contributed by atoms with van der Waals surface area (Å²) in [5.74, 6) is 13.1. The van der Waals surface area contributed by atoms with Crippen LogP contribution in [0.2, 0.25) is 0 Å². The molecule has 180 valence electrons. The van der Waals surface area contributed by atoms with Crippen molar-refractivity contribution < 1.29 is 14.0 Å². The van der Waals surface area contributed by atoms with E-state index in [9.17, 15) is 0 Å². The summed E-state index contributed by atoms with van der Waals surface area (Å²) >= 11 is 0. The highest BCUT2D eigenvalue weighted by molar-refractivity contribution is 5.59. The summed E-state index contributed by atoms with van der Waals surface area (Å²) < 4.78 is 19.4. The highest BCUT2D eigenvalue weighted by atomic mass is 16.7. The lowest BCUT2D eigenvalue weighted by atomic mass is 10.1. The zero-order valence-corrected chi connectivity index (χ0v) is 19.9. The minimum atomic E-state index is -0.186. The molecular formula is C28H25N5O3. The third-order valence-corrected chi connectivity index (χ3v) is 5.70. The van der Waals surface area contributed by atoms with Gasteiger partial charge in [-0.05, 0) is 68.2 Å². The van der Waals surface area contributed by atoms with Crippen LogP contribution >= 0.6 is 0 Å². The second-order valence-corrected chi connectivity index (χ2v) is 8.37. The molecule has 0 bridgehead atoms. The van der Waals surface area contributed by atoms with E-state index >= 15 is 0 Å². The van der Waals surface area contributed by atoms with Gasteiger partial charge >= 0.3 is 0 Å². The highest BCUT2D eigenvalue weighted by Crippen LogP contribution is 2.24. The molecule has 1 aliphatic rings. The van der Waals surface area contributed by atoms with Gasteiger partial charge in [0.15, 0.2) is 12.1 Å². The van der Waals surface area contributed by atoms with E-state index in [0.717, 1.165) is 54.1 Å².